The molecule has 0 amide bonds. The lowest BCUT2D eigenvalue weighted by atomic mass is 9.96. The van der Waals surface area contributed by atoms with Crippen LogP contribution in [0.2, 0.25) is 10.0 Å². The summed E-state index contributed by atoms with van der Waals surface area (Å²) >= 11 is 17.2. The number of rotatable bonds is 21. The molecule has 0 atom stereocenters. The molecule has 1 N–H and O–H groups in total. The van der Waals surface area contributed by atoms with Crippen LogP contribution in [-0.2, 0) is 0 Å². The molecule has 0 aliphatic heterocycles. The molecule has 0 unspecified atom stereocenters. The van der Waals surface area contributed by atoms with Crippen molar-refractivity contribution < 1.29 is 9.47 Å². The van der Waals surface area contributed by atoms with Gasteiger partial charge in [-0.15, -0.1) is 0 Å². The Labute approximate surface area is 703 Å². The van der Waals surface area contributed by atoms with Crippen LogP contribution in [0.4, 0.5) is 62.6 Å². The van der Waals surface area contributed by atoms with E-state index >= 15 is 0 Å². The molecule has 18 aromatic carbocycles. The first kappa shape index (κ1) is 76.8. The van der Waals surface area contributed by atoms with E-state index in [4.69, 9.17) is 32.7 Å². The number of ether oxygens (including phenoxy) is 2. The van der Waals surface area contributed by atoms with Crippen LogP contribution in [0.5, 0.6) is 23.0 Å². The summed E-state index contributed by atoms with van der Waals surface area (Å²) in [7, 11) is 0. The molecule has 0 radical (unpaired) electrons. The number of anilines is 11. The minimum atomic E-state index is 0.516. The Balaban J connectivity index is 0.000000154. The first-order valence-corrected chi connectivity index (χ1v) is 40.3. The summed E-state index contributed by atoms with van der Waals surface area (Å²) in [6.45, 7) is 0. The fraction of sp³-hybridized carbons (Fsp3) is 0. The van der Waals surface area contributed by atoms with E-state index < -0.39 is 0 Å². The zero-order valence-corrected chi connectivity index (χ0v) is 66.9. The van der Waals surface area contributed by atoms with Gasteiger partial charge in [0.2, 0.25) is 0 Å². The van der Waals surface area contributed by atoms with E-state index in [1.165, 1.54) is 44.5 Å². The number of hydrogen-bond donors (Lipinski definition) is 1. The molecule has 18 aromatic rings. The second-order valence-corrected chi connectivity index (χ2v) is 29.3. The number of halogens is 3. The molecule has 117 heavy (non-hydrogen) atoms. The molecule has 0 fully saturated rings. The Hall–Kier alpha value is -14.2. The van der Waals surface area contributed by atoms with Gasteiger partial charge in [0.1, 0.15) is 28.0 Å². The van der Waals surface area contributed by atoms with E-state index in [2.05, 4.69) is 327 Å². The minimum absolute atomic E-state index is 0.516. The monoisotopic (exact) mass is 1610 g/mol. The zero-order chi connectivity index (χ0) is 79.3. The molecule has 0 heterocycles. The van der Waals surface area contributed by atoms with Crippen LogP contribution in [0, 0.1) is 0 Å². The highest BCUT2D eigenvalue weighted by Gasteiger charge is 2.22. The fourth-order valence-corrected chi connectivity index (χ4v) is 15.0. The average molecular weight is 1620 g/mol. The van der Waals surface area contributed by atoms with Crippen LogP contribution >= 0.6 is 39.1 Å². The van der Waals surface area contributed by atoms with Gasteiger partial charge in [-0.3, -0.25) is 0 Å². The van der Waals surface area contributed by atoms with Crippen LogP contribution in [0.15, 0.2) is 478 Å². The van der Waals surface area contributed by atoms with Crippen LogP contribution in [-0.4, -0.2) is 0 Å². The van der Waals surface area contributed by atoms with Crippen molar-refractivity contribution in [3.63, 3.8) is 0 Å². The smallest absolute Gasteiger partial charge is 0.148 e. The normalized spacial score (nSPS) is 10.7. The Morgan fingerprint density at radius 1 is 0.197 bits per heavy atom. The van der Waals surface area contributed by atoms with E-state index in [1.807, 2.05) is 182 Å². The Kier molecular flexibility index (Phi) is 24.7. The molecule has 18 rings (SSSR count). The molecule has 9 heteroatoms. The molecular weight excluding hydrogens is 1540 g/mol. The molecule has 564 valence electrons. The number of para-hydroxylation sites is 6. The lowest BCUT2D eigenvalue weighted by Crippen LogP contribution is -2.10. The highest BCUT2D eigenvalue weighted by Crippen LogP contribution is 2.47. The molecule has 0 bridgehead atoms. The fourth-order valence-electron chi connectivity index (χ4n) is 14.2. The first-order chi connectivity index (χ1) is 57.7. The largest absolute Gasteiger partial charge is 0.456 e. The lowest BCUT2D eigenvalue weighted by molar-refractivity contribution is 0.482. The Morgan fingerprint density at radius 3 is 0.786 bits per heavy atom. The quantitative estimate of drug-likeness (QED) is 0.0773. The van der Waals surface area contributed by atoms with Gasteiger partial charge in [0, 0.05) is 73.5 Å². The Morgan fingerprint density at radius 2 is 0.436 bits per heavy atom. The van der Waals surface area contributed by atoms with Crippen molar-refractivity contribution in [1.29, 1.82) is 0 Å². The van der Waals surface area contributed by atoms with E-state index in [0.29, 0.717) is 33.0 Å². The summed E-state index contributed by atoms with van der Waals surface area (Å²) < 4.78 is 13.7. The highest BCUT2D eigenvalue weighted by molar-refractivity contribution is 9.10. The van der Waals surface area contributed by atoms with Crippen LogP contribution in [0.1, 0.15) is 0 Å². The van der Waals surface area contributed by atoms with Gasteiger partial charge < -0.3 is 29.5 Å². The average Bonchev–Trinajstić information content (AvgIpc) is 0.791. The number of nitrogens with zero attached hydrogens (tertiary/aromatic N) is 3. The molecule has 0 aliphatic rings. The van der Waals surface area contributed by atoms with Crippen LogP contribution in [0.3, 0.4) is 0 Å². The summed E-state index contributed by atoms with van der Waals surface area (Å²) in [5.41, 5.74) is 25.2. The van der Waals surface area contributed by atoms with Crippen molar-refractivity contribution in [3.8, 4) is 89.8 Å². The van der Waals surface area contributed by atoms with Gasteiger partial charge in [-0.05, 0) is 253 Å². The third-order valence-electron chi connectivity index (χ3n) is 19.8. The lowest BCUT2D eigenvalue weighted by Gasteiger charge is -2.27. The van der Waals surface area contributed by atoms with Gasteiger partial charge in [-0.2, -0.15) is 0 Å². The molecule has 0 saturated carbocycles. The molecule has 0 aromatic heterocycles. The molecule has 0 aliphatic carbocycles. The van der Waals surface area contributed by atoms with Gasteiger partial charge in [0.05, 0.1) is 10.7 Å². The summed E-state index contributed by atoms with van der Waals surface area (Å²) in [4.78, 5) is 6.65. The second kappa shape index (κ2) is 37.6. The first-order valence-electron chi connectivity index (χ1n) is 38.7. The van der Waals surface area contributed by atoms with E-state index in [-0.39, 0.29) is 0 Å². The third kappa shape index (κ3) is 19.2. The van der Waals surface area contributed by atoms with Crippen molar-refractivity contribution in [1.82, 2.24) is 0 Å². The maximum absolute atomic E-state index is 7.23. The van der Waals surface area contributed by atoms with Crippen molar-refractivity contribution >= 4 is 102 Å². The van der Waals surface area contributed by atoms with Gasteiger partial charge in [-0.1, -0.05) is 314 Å². The molecule has 0 spiro atoms. The van der Waals surface area contributed by atoms with Gasteiger partial charge >= 0.3 is 0 Å². The topological polar surface area (TPSA) is 40.2 Å². The number of benzene rings is 18. The molecule has 0 saturated heterocycles. The SMILES string of the molecule is Clc1c(Br)cccc1Oc1cccc(N(c2ccccc2)c2cccc(-c3cccc(-c4cccc(-c5ccccc5)c4)c3)c2)c1.Clc1c(Oc2cccc(N(c3ccccc3)c3cccc(-c4cccc(-c5cccc(-c6ccccc6)c5)c4)c3)c2)cccc1N(c1ccccc1)c1ccccc1.c1ccc(Nc2ccccc2)cc1. The summed E-state index contributed by atoms with van der Waals surface area (Å²) in [5.74, 6) is 2.52. The van der Waals surface area contributed by atoms with Crippen molar-refractivity contribution in [2.24, 2.45) is 0 Å². The third-order valence-corrected chi connectivity index (χ3v) is 21.5. The predicted octanol–water partition coefficient (Wildman–Crippen LogP) is 32.9. The second-order valence-electron chi connectivity index (χ2n) is 27.7. The van der Waals surface area contributed by atoms with Crippen molar-refractivity contribution in [2.75, 3.05) is 20.0 Å². The van der Waals surface area contributed by atoms with Gasteiger partial charge in [0.25, 0.3) is 0 Å². The minimum Gasteiger partial charge on any atom is -0.456 e. The molecular formula is C108H79BrCl2N4O2. The predicted molar refractivity (Wildman–Crippen MR) is 496 cm³/mol. The number of hydrogen-bond acceptors (Lipinski definition) is 6. The van der Waals surface area contributed by atoms with Crippen molar-refractivity contribution in [2.45, 2.75) is 0 Å². The standard InChI is InChI=1S/C54H39ClN2O.C42H29BrClNO.C12H11N/c55-54-52(57(47-27-9-3-10-28-47)48-29-11-4-12-30-48)34-17-35-53(54)58-51-33-16-32-50(39-51)56(46-25-7-2-8-26-46)49-31-15-24-45(38-49)44-23-14-22-43(37-44)42-21-13-20-41(36-42)40-18-5-1-6-19-40;43-40-24-11-25-41(42(40)44)46-39-23-10-22-38(29-39)45(36-19-5-2-6-20-36)37-21-9-18-35(28-37)34-17-8-16-33(27-34)32-15-7-14-31(26-32)30-12-3-1-4-13-30;1-3-7-11(8-4-1)13-12-9-5-2-6-10-12/h1-39H;1-29H;1-10,13H. The maximum Gasteiger partial charge on any atom is 0.148 e. The Bertz CT molecular complexity index is 6220. The van der Waals surface area contributed by atoms with Crippen LogP contribution in [0.25, 0.3) is 66.8 Å². The highest BCUT2D eigenvalue weighted by atomic mass is 79.9. The van der Waals surface area contributed by atoms with Crippen molar-refractivity contribution in [3.05, 3.63) is 488 Å². The van der Waals surface area contributed by atoms with E-state index in [1.54, 1.807) is 0 Å². The van der Waals surface area contributed by atoms with Crippen LogP contribution < -0.4 is 29.5 Å². The zero-order valence-electron chi connectivity index (χ0n) is 63.8. The molecule has 6 nitrogen and oxygen atoms in total. The number of nitrogens with one attached hydrogen (secondary N) is 1. The summed E-state index contributed by atoms with van der Waals surface area (Å²) in [6, 6.07) is 163. The van der Waals surface area contributed by atoms with Gasteiger partial charge in [0.15, 0.2) is 0 Å². The maximum atomic E-state index is 7.23. The van der Waals surface area contributed by atoms with E-state index in [0.717, 1.165) is 89.3 Å². The van der Waals surface area contributed by atoms with Gasteiger partial charge in [-0.25, -0.2) is 0 Å². The van der Waals surface area contributed by atoms with E-state index in [9.17, 15) is 0 Å². The summed E-state index contributed by atoms with van der Waals surface area (Å²) in [5, 5.41) is 4.36. The summed E-state index contributed by atoms with van der Waals surface area (Å²) in [6.07, 6.45) is 0.